The van der Waals surface area contributed by atoms with E-state index in [4.69, 9.17) is 16.7 Å². The third-order valence-corrected chi connectivity index (χ3v) is 4.16. The molecular formula is C11H10ClF3INOU. The Balaban J connectivity index is 0.00000324. The largest absolute Gasteiger partial charge is 2.00 e. The number of aliphatic hydroxyl groups is 1. The van der Waals surface area contributed by atoms with Crippen molar-refractivity contribution in [3.63, 3.8) is 0 Å². The van der Waals surface area contributed by atoms with E-state index in [9.17, 15) is 13.2 Å². The van der Waals surface area contributed by atoms with E-state index in [0.29, 0.717) is 9.99 Å². The van der Waals surface area contributed by atoms with Gasteiger partial charge in [0.2, 0.25) is 0 Å². The van der Waals surface area contributed by atoms with Crippen molar-refractivity contribution in [2.24, 2.45) is 0 Å². The second-order valence-electron chi connectivity index (χ2n) is 4.15. The summed E-state index contributed by atoms with van der Waals surface area (Å²) in [5.74, 6) is 0. The van der Waals surface area contributed by atoms with Crippen LogP contribution in [-0.4, -0.2) is 20.7 Å². The summed E-state index contributed by atoms with van der Waals surface area (Å²) in [6.45, 7) is 5.62. The van der Waals surface area contributed by atoms with Crippen LogP contribution in [0.25, 0.3) is 0 Å². The minimum Gasteiger partial charge on any atom is -0.379 e. The number of nitrogens with zero attached hydrogens (tertiary/aromatic N) is 1. The summed E-state index contributed by atoms with van der Waals surface area (Å²) in [6, 6.07) is 3.79. The first-order valence-electron chi connectivity index (χ1n) is 4.84. The van der Waals surface area contributed by atoms with Crippen molar-refractivity contribution in [2.45, 2.75) is 24.6 Å². The normalized spacial score (nSPS) is 16.4. The zero-order chi connectivity index (χ0) is 14.1. The number of alkyl halides is 4. The molecule has 1 aromatic heterocycles. The Morgan fingerprint density at radius 1 is 1.58 bits per heavy atom. The number of halogens is 5. The maximum atomic E-state index is 12.4. The van der Waals surface area contributed by atoms with Crippen LogP contribution in [0.15, 0.2) is 6.07 Å². The molecule has 104 valence electrons. The predicted molar refractivity (Wildman–Crippen MR) is 70.7 cm³/mol. The molecule has 1 heterocycles. The van der Waals surface area contributed by atoms with E-state index in [1.165, 1.54) is 0 Å². The topological polar surface area (TPSA) is 33.1 Å². The predicted octanol–water partition coefficient (Wildman–Crippen LogP) is 3.66. The Kier molecular flexibility index (Phi) is 7.67. The van der Waals surface area contributed by atoms with E-state index >= 15 is 0 Å². The van der Waals surface area contributed by atoms with E-state index in [-0.39, 0.29) is 36.3 Å². The number of hydrogen-bond acceptors (Lipinski definition) is 2. The third kappa shape index (κ3) is 5.35. The van der Waals surface area contributed by atoms with Gasteiger partial charge >= 0.3 is 37.3 Å². The van der Waals surface area contributed by atoms with Crippen LogP contribution >= 0.6 is 34.2 Å². The molecule has 0 aromatic carbocycles. The van der Waals surface area contributed by atoms with Gasteiger partial charge < -0.3 is 12.0 Å². The zero-order valence-electron chi connectivity index (χ0n) is 9.85. The van der Waals surface area contributed by atoms with E-state index in [0.717, 1.165) is 6.07 Å². The number of aromatic nitrogens is 1. The molecule has 0 aliphatic carbocycles. The Hall–Kier alpha value is 0.972. The molecule has 2 atom stereocenters. The summed E-state index contributed by atoms with van der Waals surface area (Å²) in [5, 5.41) is 8.94. The standard InChI is InChI=1S/C11H10ClF3INO.U/c1-10(2,5-16)6-3-7(17-8(12)4-6)9(18)11(13,14)15;/h3,9,18H,1,5H2,2H3;/q-2;+2. The van der Waals surface area contributed by atoms with Crippen molar-refractivity contribution in [3.8, 4) is 0 Å². The van der Waals surface area contributed by atoms with Crippen molar-refractivity contribution in [1.82, 2.24) is 4.98 Å². The molecule has 1 N–H and O–H groups in total. The fourth-order valence-electron chi connectivity index (χ4n) is 1.17. The van der Waals surface area contributed by atoms with Crippen LogP contribution in [0.2, 0.25) is 5.15 Å². The number of rotatable bonds is 3. The molecule has 0 bridgehead atoms. The average Bonchev–Trinajstić information content (AvgIpc) is 2.26. The molecule has 0 aliphatic heterocycles. The molecule has 0 fully saturated rings. The molecule has 1 aromatic rings. The van der Waals surface area contributed by atoms with Crippen molar-refractivity contribution in [3.05, 3.63) is 35.5 Å². The van der Waals surface area contributed by atoms with Gasteiger partial charge in [-0.1, -0.05) is 41.1 Å². The van der Waals surface area contributed by atoms with Crippen molar-refractivity contribution in [1.29, 1.82) is 0 Å². The van der Waals surface area contributed by atoms with Crippen LogP contribution in [0.1, 0.15) is 24.3 Å². The van der Waals surface area contributed by atoms with Gasteiger partial charge in [0.15, 0.2) is 6.10 Å². The van der Waals surface area contributed by atoms with Gasteiger partial charge in [0, 0.05) is 5.15 Å². The second kappa shape index (κ2) is 7.30. The van der Waals surface area contributed by atoms with E-state index in [2.05, 4.69) is 40.6 Å². The van der Waals surface area contributed by atoms with Gasteiger partial charge in [-0.05, 0) is 10.1 Å². The van der Waals surface area contributed by atoms with Gasteiger partial charge in [-0.15, -0.1) is 0 Å². The molecule has 2 unspecified atom stereocenters. The summed E-state index contributed by atoms with van der Waals surface area (Å²) in [5.41, 5.74) is -0.802. The Morgan fingerprint density at radius 2 is 2.11 bits per heavy atom. The molecule has 8 heteroatoms. The summed E-state index contributed by atoms with van der Waals surface area (Å²) in [7, 11) is 0. The smallest absolute Gasteiger partial charge is 0.379 e. The van der Waals surface area contributed by atoms with Crippen LogP contribution in [0.5, 0.6) is 0 Å². The van der Waals surface area contributed by atoms with Crippen LogP contribution < -0.4 is 0 Å². The molecule has 1 rings (SSSR count). The first-order valence-corrected chi connectivity index (χ1v) is 6.74. The SMILES string of the molecule is [CH2-]C(C)(CI)c1[c-]c(Cl)nc(C(O)C(F)(F)F)c1.[U+2]. The van der Waals surface area contributed by atoms with E-state index in [1.54, 1.807) is 6.92 Å². The Bertz CT molecular complexity index is 442. The van der Waals surface area contributed by atoms with Crippen LogP contribution in [0, 0.1) is 44.1 Å². The summed E-state index contributed by atoms with van der Waals surface area (Å²) in [6.07, 6.45) is -7.44. The molecule has 0 amide bonds. The first kappa shape index (κ1) is 20.0. The van der Waals surface area contributed by atoms with Crippen LogP contribution in [-0.2, 0) is 5.41 Å². The second-order valence-corrected chi connectivity index (χ2v) is 5.27. The molecule has 0 radical (unpaired) electrons. The molecule has 2 nitrogen and oxygen atoms in total. The van der Waals surface area contributed by atoms with Gasteiger partial charge in [-0.25, -0.2) is 11.6 Å². The molecule has 0 saturated carbocycles. The Labute approximate surface area is 152 Å². The minimum absolute atomic E-state index is 0. The zero-order valence-corrected chi connectivity index (χ0v) is 16.9. The number of hydrogen-bond donors (Lipinski definition) is 1. The molecule has 0 aliphatic rings. The summed E-state index contributed by atoms with van der Waals surface area (Å²) in [4.78, 5) is 3.46. The van der Waals surface area contributed by atoms with E-state index in [1.807, 2.05) is 0 Å². The molecular weight excluding hydrogens is 620 g/mol. The van der Waals surface area contributed by atoms with Gasteiger partial charge in [0.05, 0.1) is 0 Å². The fourth-order valence-corrected chi connectivity index (χ4v) is 1.78. The summed E-state index contributed by atoms with van der Waals surface area (Å²) < 4.78 is 37.8. The van der Waals surface area contributed by atoms with Crippen molar-refractivity contribution < 1.29 is 49.4 Å². The van der Waals surface area contributed by atoms with Crippen molar-refractivity contribution in [2.75, 3.05) is 4.43 Å². The monoisotopic (exact) mass is 629 g/mol. The Morgan fingerprint density at radius 3 is 2.53 bits per heavy atom. The molecule has 0 saturated heterocycles. The van der Waals surface area contributed by atoms with Crippen LogP contribution in [0.4, 0.5) is 13.2 Å². The quantitative estimate of drug-likeness (QED) is 0.240. The number of aliphatic hydroxyl groups excluding tert-OH is 1. The molecule has 0 spiro atoms. The van der Waals surface area contributed by atoms with Gasteiger partial charge in [-0.2, -0.15) is 24.7 Å². The van der Waals surface area contributed by atoms with Crippen LogP contribution in [0.3, 0.4) is 0 Å². The van der Waals surface area contributed by atoms with Crippen molar-refractivity contribution >= 4 is 34.2 Å². The van der Waals surface area contributed by atoms with E-state index < -0.39 is 23.4 Å². The molecule has 19 heavy (non-hydrogen) atoms. The number of pyridine rings is 1. The average molecular weight is 630 g/mol. The van der Waals surface area contributed by atoms with Gasteiger partial charge in [-0.3, -0.25) is 4.98 Å². The third-order valence-electron chi connectivity index (χ3n) is 2.29. The van der Waals surface area contributed by atoms with Gasteiger partial charge in [0.1, 0.15) is 0 Å². The fraction of sp³-hybridized carbons (Fsp3) is 0.455. The first-order chi connectivity index (χ1) is 8.08. The maximum Gasteiger partial charge on any atom is 2.00 e. The van der Waals surface area contributed by atoms with Gasteiger partial charge in [0.25, 0.3) is 0 Å². The maximum absolute atomic E-state index is 12.4. The minimum atomic E-state index is -4.78. The summed E-state index contributed by atoms with van der Waals surface area (Å²) >= 11 is 7.69.